The van der Waals surface area contributed by atoms with Crippen molar-refractivity contribution in [1.82, 2.24) is 4.90 Å². The second kappa shape index (κ2) is 9.68. The zero-order valence-corrected chi connectivity index (χ0v) is 21.1. The van der Waals surface area contributed by atoms with E-state index in [-0.39, 0.29) is 10.9 Å². The summed E-state index contributed by atoms with van der Waals surface area (Å²) in [7, 11) is -3.89. The maximum Gasteiger partial charge on any atom is 0.324 e. The minimum absolute atomic E-state index is 0.0639. The van der Waals surface area contributed by atoms with Gasteiger partial charge in [0, 0.05) is 24.7 Å². The fourth-order valence-corrected chi connectivity index (χ4v) is 5.50. The molecule has 1 fully saturated rings. The van der Waals surface area contributed by atoms with E-state index in [1.807, 2.05) is 31.7 Å². The number of carbonyl (C=O) groups is 1. The number of sulfonamides is 1. The van der Waals surface area contributed by atoms with Crippen LogP contribution < -0.4 is 9.62 Å². The molecule has 0 atom stereocenters. The van der Waals surface area contributed by atoms with E-state index in [0.717, 1.165) is 28.7 Å². The lowest BCUT2D eigenvalue weighted by atomic mass is 10.0. The van der Waals surface area contributed by atoms with E-state index in [4.69, 9.17) is 11.6 Å². The molecule has 4 rings (SSSR count). The number of anilines is 2. The number of nitrogens with zero attached hydrogens (tertiary/aromatic N) is 2. The van der Waals surface area contributed by atoms with Gasteiger partial charge in [0.15, 0.2) is 0 Å². The van der Waals surface area contributed by atoms with Crippen LogP contribution in [0.1, 0.15) is 28.7 Å². The average Bonchev–Trinajstić information content (AvgIpc) is 2.78. The molecule has 1 aliphatic heterocycles. The molecule has 1 saturated heterocycles. The van der Waals surface area contributed by atoms with E-state index in [0.29, 0.717) is 36.0 Å². The van der Waals surface area contributed by atoms with Gasteiger partial charge < -0.3 is 4.90 Å². The molecule has 1 aliphatic rings. The summed E-state index contributed by atoms with van der Waals surface area (Å²) in [6.45, 7) is 7.64. The minimum atomic E-state index is -3.89. The number of carbonyl (C=O) groups excluding carboxylic acids is 1. The molecule has 8 heteroatoms. The number of benzene rings is 3. The number of nitrogens with one attached hydrogen (secondary N) is 1. The van der Waals surface area contributed by atoms with Gasteiger partial charge in [-0.15, -0.1) is 0 Å². The van der Waals surface area contributed by atoms with Crippen molar-refractivity contribution in [2.75, 3.05) is 22.7 Å². The number of rotatable bonds is 6. The molecule has 0 bridgehead atoms. The second-order valence-electron chi connectivity index (χ2n) is 8.72. The lowest BCUT2D eigenvalue weighted by molar-refractivity contribution is 0.192. The van der Waals surface area contributed by atoms with E-state index in [1.54, 1.807) is 29.2 Å². The highest BCUT2D eigenvalue weighted by Crippen LogP contribution is 2.32. The molecule has 0 aliphatic carbocycles. The highest BCUT2D eigenvalue weighted by atomic mass is 35.5. The van der Waals surface area contributed by atoms with Gasteiger partial charge in [0.05, 0.1) is 16.3 Å². The quantitative estimate of drug-likeness (QED) is 0.461. The van der Waals surface area contributed by atoms with Gasteiger partial charge in [-0.2, -0.15) is 0 Å². The SMILES string of the molecule is Cc1ccc(C)c(CN2CCCN(c3ccc(C)cc3NS(=O)(=O)c3cccc(Cl)c3)C2=O)c1. The van der Waals surface area contributed by atoms with Crippen LogP contribution in [0.25, 0.3) is 0 Å². The van der Waals surface area contributed by atoms with Crippen LogP contribution in [0.5, 0.6) is 0 Å². The van der Waals surface area contributed by atoms with E-state index in [9.17, 15) is 13.2 Å². The highest BCUT2D eigenvalue weighted by Gasteiger charge is 2.29. The normalized spacial score (nSPS) is 14.4. The summed E-state index contributed by atoms with van der Waals surface area (Å²) in [6, 6.07) is 17.6. The van der Waals surface area contributed by atoms with Gasteiger partial charge in [-0.3, -0.25) is 9.62 Å². The lowest BCUT2D eigenvalue weighted by Crippen LogP contribution is -2.49. The Balaban J connectivity index is 1.64. The van der Waals surface area contributed by atoms with Gasteiger partial charge in [0.1, 0.15) is 0 Å². The van der Waals surface area contributed by atoms with Gasteiger partial charge in [-0.25, -0.2) is 13.2 Å². The second-order valence-corrected chi connectivity index (χ2v) is 10.8. The summed E-state index contributed by atoms with van der Waals surface area (Å²) in [5.74, 6) is 0. The zero-order chi connectivity index (χ0) is 24.5. The molecule has 3 aromatic carbocycles. The van der Waals surface area contributed by atoms with Crippen molar-refractivity contribution in [2.24, 2.45) is 0 Å². The molecule has 1 N–H and O–H groups in total. The molecule has 2 amide bonds. The van der Waals surface area contributed by atoms with Crippen molar-refractivity contribution in [3.05, 3.63) is 87.9 Å². The van der Waals surface area contributed by atoms with Crippen molar-refractivity contribution in [3.63, 3.8) is 0 Å². The summed E-state index contributed by atoms with van der Waals surface area (Å²) < 4.78 is 28.8. The van der Waals surface area contributed by atoms with Crippen LogP contribution in [-0.2, 0) is 16.6 Å². The fourth-order valence-electron chi connectivity index (χ4n) is 4.13. The standard InChI is InChI=1S/C26H28ClN3O3S/c1-18-8-10-20(3)21(14-18)17-29-12-5-13-30(26(29)31)25-11-9-19(2)15-24(25)28-34(32,33)23-7-4-6-22(27)16-23/h4,6-11,14-16,28H,5,12-13,17H2,1-3H3. The van der Waals surface area contributed by atoms with Crippen LogP contribution in [-0.4, -0.2) is 32.4 Å². The van der Waals surface area contributed by atoms with Gasteiger partial charge in [0.2, 0.25) is 0 Å². The van der Waals surface area contributed by atoms with Gasteiger partial charge in [-0.05, 0) is 74.2 Å². The number of aryl methyl sites for hydroxylation is 3. The average molecular weight is 498 g/mol. The topological polar surface area (TPSA) is 69.7 Å². The van der Waals surface area contributed by atoms with E-state index < -0.39 is 10.0 Å². The smallest absolute Gasteiger partial charge is 0.320 e. The third-order valence-electron chi connectivity index (χ3n) is 5.97. The maximum absolute atomic E-state index is 13.5. The van der Waals surface area contributed by atoms with Crippen molar-refractivity contribution in [2.45, 2.75) is 38.6 Å². The zero-order valence-electron chi connectivity index (χ0n) is 19.5. The molecule has 178 valence electrons. The Morgan fingerprint density at radius 2 is 1.68 bits per heavy atom. The first-order valence-corrected chi connectivity index (χ1v) is 13.0. The Labute approximate surface area is 206 Å². The lowest BCUT2D eigenvalue weighted by Gasteiger charge is -2.37. The number of hydrogen-bond acceptors (Lipinski definition) is 3. The molecule has 1 heterocycles. The number of hydrogen-bond donors (Lipinski definition) is 1. The molecular weight excluding hydrogens is 470 g/mol. The molecule has 0 aromatic heterocycles. The molecule has 0 radical (unpaired) electrons. The largest absolute Gasteiger partial charge is 0.324 e. The summed E-state index contributed by atoms with van der Waals surface area (Å²) in [5.41, 5.74) is 5.18. The first kappa shape index (κ1) is 24.1. The molecule has 6 nitrogen and oxygen atoms in total. The van der Waals surface area contributed by atoms with Gasteiger partial charge >= 0.3 is 6.03 Å². The van der Waals surface area contributed by atoms with Crippen LogP contribution >= 0.6 is 11.6 Å². The first-order valence-electron chi connectivity index (χ1n) is 11.2. The number of halogens is 1. The van der Waals surface area contributed by atoms with Gasteiger partial charge in [0.25, 0.3) is 10.0 Å². The molecule has 0 saturated carbocycles. The molecule has 0 unspecified atom stereocenters. The summed E-state index contributed by atoms with van der Waals surface area (Å²) in [4.78, 5) is 17.0. The van der Waals surface area contributed by atoms with Crippen LogP contribution in [0, 0.1) is 20.8 Å². The van der Waals surface area contributed by atoms with E-state index >= 15 is 0 Å². The monoisotopic (exact) mass is 497 g/mol. The van der Waals surface area contributed by atoms with Crippen LogP contribution in [0.3, 0.4) is 0 Å². The molecular formula is C26H28ClN3O3S. The van der Waals surface area contributed by atoms with Crippen molar-refractivity contribution in [3.8, 4) is 0 Å². The Bertz CT molecular complexity index is 1340. The van der Waals surface area contributed by atoms with Crippen molar-refractivity contribution < 1.29 is 13.2 Å². The van der Waals surface area contributed by atoms with Crippen molar-refractivity contribution in [1.29, 1.82) is 0 Å². The number of amides is 2. The molecule has 34 heavy (non-hydrogen) atoms. The van der Waals surface area contributed by atoms with E-state index in [2.05, 4.69) is 22.9 Å². The summed E-state index contributed by atoms with van der Waals surface area (Å²) in [6.07, 6.45) is 0.783. The van der Waals surface area contributed by atoms with Crippen LogP contribution in [0.4, 0.5) is 16.2 Å². The van der Waals surface area contributed by atoms with Gasteiger partial charge in [-0.1, -0.05) is 47.5 Å². The van der Waals surface area contributed by atoms with Crippen molar-refractivity contribution >= 4 is 39.0 Å². The molecule has 0 spiro atoms. The molecule has 3 aromatic rings. The predicted molar refractivity (Wildman–Crippen MR) is 137 cm³/mol. The highest BCUT2D eigenvalue weighted by molar-refractivity contribution is 7.92. The van der Waals surface area contributed by atoms with Crippen LogP contribution in [0.2, 0.25) is 5.02 Å². The predicted octanol–water partition coefficient (Wildman–Crippen LogP) is 5.90. The summed E-state index contributed by atoms with van der Waals surface area (Å²) >= 11 is 6.00. The number of urea groups is 1. The summed E-state index contributed by atoms with van der Waals surface area (Å²) in [5, 5.41) is 0.334. The fraction of sp³-hybridized carbons (Fsp3) is 0.269. The third-order valence-corrected chi connectivity index (χ3v) is 7.57. The Hall–Kier alpha value is -3.03. The first-order chi connectivity index (χ1) is 16.1. The minimum Gasteiger partial charge on any atom is -0.320 e. The Kier molecular flexibility index (Phi) is 6.86. The van der Waals surface area contributed by atoms with E-state index in [1.165, 1.54) is 12.1 Å². The van der Waals surface area contributed by atoms with Crippen LogP contribution in [0.15, 0.2) is 65.6 Å². The Morgan fingerprint density at radius 1 is 0.941 bits per heavy atom. The maximum atomic E-state index is 13.5. The Morgan fingerprint density at radius 3 is 2.44 bits per heavy atom. The third kappa shape index (κ3) is 5.21.